The summed E-state index contributed by atoms with van der Waals surface area (Å²) in [6, 6.07) is 12.6. The van der Waals surface area contributed by atoms with Crippen LogP contribution in [0.2, 0.25) is 0 Å². The van der Waals surface area contributed by atoms with Crippen LogP contribution in [-0.2, 0) is 13.1 Å². The van der Waals surface area contributed by atoms with Crippen molar-refractivity contribution < 1.29 is 8.78 Å². The molecule has 1 aliphatic rings. The molecule has 5 nitrogen and oxygen atoms in total. The van der Waals surface area contributed by atoms with E-state index in [9.17, 15) is 8.78 Å². The lowest BCUT2D eigenvalue weighted by Gasteiger charge is -2.34. The van der Waals surface area contributed by atoms with Crippen LogP contribution in [0.3, 0.4) is 0 Å². The molecule has 1 atom stereocenters. The van der Waals surface area contributed by atoms with Crippen molar-refractivity contribution in [2.75, 3.05) is 6.54 Å². The van der Waals surface area contributed by atoms with Crippen LogP contribution in [-0.4, -0.2) is 31.7 Å². The highest BCUT2D eigenvalue weighted by Crippen LogP contribution is 2.31. The largest absolute Gasteiger partial charge is 0.284 e. The van der Waals surface area contributed by atoms with Gasteiger partial charge >= 0.3 is 0 Å². The monoisotopic (exact) mass is 327 g/mol. The number of hydrogen-bond donors (Lipinski definition) is 0. The highest BCUT2D eigenvalue weighted by molar-refractivity contribution is 5.27. The second-order valence-corrected chi connectivity index (χ2v) is 5.81. The van der Waals surface area contributed by atoms with E-state index in [-0.39, 0.29) is 17.7 Å². The van der Waals surface area contributed by atoms with Crippen molar-refractivity contribution in [1.29, 1.82) is 0 Å². The molecule has 3 aromatic rings. The first kappa shape index (κ1) is 14.9. The Morgan fingerprint density at radius 2 is 1.83 bits per heavy atom. The Labute approximate surface area is 137 Å². The van der Waals surface area contributed by atoms with Crippen molar-refractivity contribution in [2.24, 2.45) is 0 Å². The number of tetrazole rings is 1. The van der Waals surface area contributed by atoms with Crippen LogP contribution in [0.1, 0.15) is 23.0 Å². The van der Waals surface area contributed by atoms with Crippen LogP contribution in [0.15, 0.2) is 48.5 Å². The van der Waals surface area contributed by atoms with Crippen molar-refractivity contribution in [2.45, 2.75) is 19.1 Å². The molecule has 2 aromatic carbocycles. The molecule has 1 aliphatic heterocycles. The molecule has 0 N–H and O–H groups in total. The van der Waals surface area contributed by atoms with Crippen molar-refractivity contribution in [1.82, 2.24) is 25.1 Å². The van der Waals surface area contributed by atoms with Gasteiger partial charge in [-0.25, -0.2) is 13.5 Å². The number of rotatable bonds is 3. The zero-order chi connectivity index (χ0) is 16.5. The third kappa shape index (κ3) is 2.78. The molecule has 0 amide bonds. The highest BCUT2D eigenvalue weighted by Gasteiger charge is 2.32. The Kier molecular flexibility index (Phi) is 3.78. The van der Waals surface area contributed by atoms with E-state index in [0.29, 0.717) is 18.9 Å². The van der Waals surface area contributed by atoms with Gasteiger partial charge in [0.25, 0.3) is 0 Å². The molecule has 0 aliphatic carbocycles. The number of fused-ring (bicyclic) bond motifs is 1. The van der Waals surface area contributed by atoms with Crippen LogP contribution in [0.25, 0.3) is 0 Å². The summed E-state index contributed by atoms with van der Waals surface area (Å²) in [4.78, 5) is 2.17. The summed E-state index contributed by atoms with van der Waals surface area (Å²) in [5, 5.41) is 11.9. The van der Waals surface area contributed by atoms with E-state index in [4.69, 9.17) is 0 Å². The van der Waals surface area contributed by atoms with Crippen molar-refractivity contribution >= 4 is 0 Å². The van der Waals surface area contributed by atoms with E-state index in [2.05, 4.69) is 20.4 Å². The van der Waals surface area contributed by atoms with Gasteiger partial charge in [-0.3, -0.25) is 4.90 Å². The number of aromatic nitrogens is 4. The van der Waals surface area contributed by atoms with Gasteiger partial charge < -0.3 is 0 Å². The molecule has 0 radical (unpaired) electrons. The van der Waals surface area contributed by atoms with E-state index in [1.807, 2.05) is 6.07 Å². The molecule has 7 heteroatoms. The Balaban J connectivity index is 1.71. The quantitative estimate of drug-likeness (QED) is 0.742. The van der Waals surface area contributed by atoms with Crippen LogP contribution >= 0.6 is 0 Å². The van der Waals surface area contributed by atoms with Gasteiger partial charge in [0.05, 0.1) is 12.6 Å². The van der Waals surface area contributed by atoms with E-state index in [1.165, 1.54) is 24.3 Å². The summed E-state index contributed by atoms with van der Waals surface area (Å²) in [6.07, 6.45) is 0. The average Bonchev–Trinajstić information content (AvgIpc) is 3.05. The number of hydrogen-bond acceptors (Lipinski definition) is 4. The fraction of sp³-hybridized carbons (Fsp3) is 0.235. The molecule has 0 unspecified atom stereocenters. The summed E-state index contributed by atoms with van der Waals surface area (Å²) in [5.74, 6) is 0.135. The van der Waals surface area contributed by atoms with E-state index < -0.39 is 0 Å². The maximum Gasteiger partial charge on any atom is 0.173 e. The van der Waals surface area contributed by atoms with Crippen LogP contribution < -0.4 is 0 Å². The molecule has 0 saturated heterocycles. The summed E-state index contributed by atoms with van der Waals surface area (Å²) >= 11 is 0. The Hall–Kier alpha value is -2.67. The van der Waals surface area contributed by atoms with Gasteiger partial charge in [-0.1, -0.05) is 24.3 Å². The van der Waals surface area contributed by atoms with Crippen LogP contribution in [0, 0.1) is 11.6 Å². The Bertz CT molecular complexity index is 846. The first-order chi connectivity index (χ1) is 11.7. The number of nitrogens with zero attached hydrogens (tertiary/aromatic N) is 5. The molecular weight excluding hydrogens is 312 g/mol. The maximum absolute atomic E-state index is 13.7. The van der Waals surface area contributed by atoms with Gasteiger partial charge in [0, 0.05) is 13.1 Å². The minimum Gasteiger partial charge on any atom is -0.284 e. The topological polar surface area (TPSA) is 46.8 Å². The zero-order valence-electron chi connectivity index (χ0n) is 12.8. The summed E-state index contributed by atoms with van der Waals surface area (Å²) in [5.41, 5.74) is 1.78. The highest BCUT2D eigenvalue weighted by atomic mass is 19.1. The van der Waals surface area contributed by atoms with Crippen molar-refractivity contribution in [3.63, 3.8) is 0 Å². The third-order valence-corrected chi connectivity index (χ3v) is 4.23. The van der Waals surface area contributed by atoms with E-state index >= 15 is 0 Å². The number of halogens is 2. The van der Waals surface area contributed by atoms with Crippen LogP contribution in [0.4, 0.5) is 8.78 Å². The normalized spacial score (nSPS) is 17.7. The smallest absolute Gasteiger partial charge is 0.173 e. The summed E-state index contributed by atoms with van der Waals surface area (Å²) in [6.45, 7) is 1.99. The van der Waals surface area contributed by atoms with Crippen LogP contribution in [0.5, 0.6) is 0 Å². The third-order valence-electron chi connectivity index (χ3n) is 4.23. The maximum atomic E-state index is 13.7. The van der Waals surface area contributed by atoms with Gasteiger partial charge in [-0.2, -0.15) is 0 Å². The lowest BCUT2D eigenvalue weighted by atomic mass is 10.0. The number of benzene rings is 2. The molecule has 0 saturated carbocycles. The standard InChI is InChI=1S/C17H15F2N5/c18-14-6-4-12(5-7-14)11-23-8-9-24-17(20-21-22-24)16(23)13-2-1-3-15(19)10-13/h1-7,10,16H,8-9,11H2/t16-/m0/s1. The molecule has 0 fully saturated rings. The van der Waals surface area contributed by atoms with Gasteiger partial charge in [0.1, 0.15) is 11.6 Å². The molecule has 0 bridgehead atoms. The molecule has 0 spiro atoms. The van der Waals surface area contributed by atoms with Gasteiger partial charge in [0.15, 0.2) is 5.82 Å². The minimum atomic E-state index is -0.293. The van der Waals surface area contributed by atoms with Crippen molar-refractivity contribution in [3.8, 4) is 0 Å². The summed E-state index contributed by atoms with van der Waals surface area (Å²) in [7, 11) is 0. The predicted octanol–water partition coefficient (Wildman–Crippen LogP) is 2.56. The second-order valence-electron chi connectivity index (χ2n) is 5.81. The van der Waals surface area contributed by atoms with E-state index in [0.717, 1.165) is 17.7 Å². The molecular formula is C17H15F2N5. The molecule has 2 heterocycles. The lowest BCUT2D eigenvalue weighted by molar-refractivity contribution is 0.163. The van der Waals surface area contributed by atoms with Gasteiger partial charge in [-0.15, -0.1) is 5.10 Å². The first-order valence-corrected chi connectivity index (χ1v) is 7.71. The fourth-order valence-electron chi connectivity index (χ4n) is 3.11. The first-order valence-electron chi connectivity index (χ1n) is 7.71. The van der Waals surface area contributed by atoms with Gasteiger partial charge in [-0.05, 0) is 45.8 Å². The SMILES string of the molecule is Fc1ccc(CN2CCn3nnnc3[C@@H]2c2cccc(F)c2)cc1. The molecule has 122 valence electrons. The van der Waals surface area contributed by atoms with Crippen molar-refractivity contribution in [3.05, 3.63) is 77.1 Å². The lowest BCUT2D eigenvalue weighted by Crippen LogP contribution is -2.39. The second kappa shape index (κ2) is 6.09. The van der Waals surface area contributed by atoms with E-state index in [1.54, 1.807) is 22.9 Å². The minimum absolute atomic E-state index is 0.241. The molecule has 24 heavy (non-hydrogen) atoms. The Morgan fingerprint density at radius 1 is 1.00 bits per heavy atom. The fourth-order valence-corrected chi connectivity index (χ4v) is 3.11. The average molecular weight is 327 g/mol. The molecule has 4 rings (SSSR count). The summed E-state index contributed by atoms with van der Waals surface area (Å²) < 4.78 is 28.6. The van der Waals surface area contributed by atoms with Gasteiger partial charge in [0.2, 0.25) is 0 Å². The Morgan fingerprint density at radius 3 is 2.62 bits per heavy atom. The molecule has 1 aromatic heterocycles. The predicted molar refractivity (Wildman–Crippen MR) is 82.9 cm³/mol. The zero-order valence-corrected chi connectivity index (χ0v) is 12.8.